The van der Waals surface area contributed by atoms with Crippen LogP contribution in [0, 0.1) is 11.3 Å². The number of carbonyl (C=O) groups is 1. The predicted molar refractivity (Wildman–Crippen MR) is 62.5 cm³/mol. The number of unbranched alkanes of at least 4 members (excludes halogenated alkanes) is 2. The van der Waals surface area contributed by atoms with Crippen LogP contribution in [0.3, 0.4) is 0 Å². The monoisotopic (exact) mass is 261 g/mol. The number of nitrogens with one attached hydrogen (secondary N) is 1. The van der Waals surface area contributed by atoms with Crippen molar-refractivity contribution in [3.05, 3.63) is 0 Å². The quantitative estimate of drug-likeness (QED) is 0.578. The van der Waals surface area contributed by atoms with Gasteiger partial charge in [-0.05, 0) is 24.7 Å². The molecule has 1 aliphatic rings. The van der Waals surface area contributed by atoms with Crippen molar-refractivity contribution in [2.45, 2.75) is 39.5 Å². The molecular formula is C11H20BrNO. The second kappa shape index (κ2) is 5.15. The Kier molecular flexibility index (Phi) is 4.42. The summed E-state index contributed by atoms with van der Waals surface area (Å²) >= 11 is 3.39. The predicted octanol–water partition coefficient (Wildman–Crippen LogP) is 2.71. The first-order valence-electron chi connectivity index (χ1n) is 5.41. The highest BCUT2D eigenvalue weighted by Gasteiger charge is 2.50. The van der Waals surface area contributed by atoms with Crippen molar-refractivity contribution in [1.82, 2.24) is 5.32 Å². The van der Waals surface area contributed by atoms with E-state index in [1.165, 1.54) is 12.8 Å². The molecule has 3 heteroatoms. The zero-order valence-corrected chi connectivity index (χ0v) is 10.7. The molecule has 0 aromatic heterocycles. The molecule has 1 fully saturated rings. The molecule has 1 rings (SSSR count). The molecule has 0 radical (unpaired) electrons. The SMILES string of the molecule is CC1(C)CC1C(=O)NCCCCCBr. The highest BCUT2D eigenvalue weighted by molar-refractivity contribution is 9.09. The molecule has 0 bridgehead atoms. The number of halogens is 1. The van der Waals surface area contributed by atoms with Crippen molar-refractivity contribution in [1.29, 1.82) is 0 Å². The van der Waals surface area contributed by atoms with Gasteiger partial charge in [0.15, 0.2) is 0 Å². The minimum atomic E-state index is 0.258. The number of amides is 1. The first kappa shape index (κ1) is 12.0. The third-order valence-corrected chi connectivity index (χ3v) is 3.50. The summed E-state index contributed by atoms with van der Waals surface area (Å²) < 4.78 is 0. The van der Waals surface area contributed by atoms with E-state index in [1.807, 2.05) is 0 Å². The lowest BCUT2D eigenvalue weighted by Gasteiger charge is -2.05. The molecule has 1 atom stereocenters. The van der Waals surface area contributed by atoms with Gasteiger partial charge < -0.3 is 5.32 Å². The van der Waals surface area contributed by atoms with Gasteiger partial charge >= 0.3 is 0 Å². The Hall–Kier alpha value is -0.0500. The van der Waals surface area contributed by atoms with Crippen LogP contribution in [-0.2, 0) is 4.79 Å². The van der Waals surface area contributed by atoms with Crippen molar-refractivity contribution >= 4 is 21.8 Å². The lowest BCUT2D eigenvalue weighted by Crippen LogP contribution is -2.27. The Bertz CT molecular complexity index is 203. The van der Waals surface area contributed by atoms with E-state index in [9.17, 15) is 4.79 Å². The first-order valence-corrected chi connectivity index (χ1v) is 6.54. The van der Waals surface area contributed by atoms with Gasteiger partial charge in [0.2, 0.25) is 5.91 Å². The zero-order valence-electron chi connectivity index (χ0n) is 9.11. The molecule has 1 aliphatic carbocycles. The van der Waals surface area contributed by atoms with Crippen molar-refractivity contribution < 1.29 is 4.79 Å². The van der Waals surface area contributed by atoms with Crippen LogP contribution < -0.4 is 5.32 Å². The molecular weight excluding hydrogens is 242 g/mol. The zero-order chi connectivity index (χ0) is 10.6. The summed E-state index contributed by atoms with van der Waals surface area (Å²) in [5, 5.41) is 4.07. The van der Waals surface area contributed by atoms with Gasteiger partial charge in [-0.15, -0.1) is 0 Å². The molecule has 0 aromatic carbocycles. The van der Waals surface area contributed by atoms with Crippen molar-refractivity contribution in [3.8, 4) is 0 Å². The van der Waals surface area contributed by atoms with E-state index in [0.29, 0.717) is 0 Å². The third kappa shape index (κ3) is 3.60. The number of hydrogen-bond donors (Lipinski definition) is 1. The number of hydrogen-bond acceptors (Lipinski definition) is 1. The maximum Gasteiger partial charge on any atom is 0.223 e. The van der Waals surface area contributed by atoms with Crippen LogP contribution in [0.25, 0.3) is 0 Å². The fourth-order valence-electron chi connectivity index (χ4n) is 1.65. The normalized spacial score (nSPS) is 23.2. The van der Waals surface area contributed by atoms with Gasteiger partial charge in [-0.25, -0.2) is 0 Å². The third-order valence-electron chi connectivity index (χ3n) is 2.94. The Labute approximate surface area is 95.0 Å². The Balaban J connectivity index is 2.00. The minimum absolute atomic E-state index is 0.258. The van der Waals surface area contributed by atoms with Crippen LogP contribution in [0.5, 0.6) is 0 Å². The van der Waals surface area contributed by atoms with Gasteiger partial charge in [-0.3, -0.25) is 4.79 Å². The standard InChI is InChI=1S/C11H20BrNO/c1-11(2)8-9(11)10(14)13-7-5-3-4-6-12/h9H,3-8H2,1-2H3,(H,13,14). The number of carbonyl (C=O) groups excluding carboxylic acids is 1. The largest absolute Gasteiger partial charge is 0.356 e. The molecule has 1 saturated carbocycles. The van der Waals surface area contributed by atoms with E-state index in [1.54, 1.807) is 0 Å². The second-order valence-electron chi connectivity index (χ2n) is 4.79. The number of alkyl halides is 1. The summed E-state index contributed by atoms with van der Waals surface area (Å²) in [6, 6.07) is 0. The molecule has 0 aliphatic heterocycles. The Morgan fingerprint density at radius 3 is 2.57 bits per heavy atom. The molecule has 0 aromatic rings. The van der Waals surface area contributed by atoms with Crippen LogP contribution in [0.15, 0.2) is 0 Å². The Morgan fingerprint density at radius 2 is 2.07 bits per heavy atom. The van der Waals surface area contributed by atoms with E-state index < -0.39 is 0 Å². The average molecular weight is 262 g/mol. The second-order valence-corrected chi connectivity index (χ2v) is 5.58. The molecule has 1 amide bonds. The van der Waals surface area contributed by atoms with Crippen LogP contribution in [0.4, 0.5) is 0 Å². The van der Waals surface area contributed by atoms with Gasteiger partial charge in [-0.2, -0.15) is 0 Å². The molecule has 0 saturated heterocycles. The van der Waals surface area contributed by atoms with E-state index in [2.05, 4.69) is 35.1 Å². The van der Waals surface area contributed by atoms with Crippen molar-refractivity contribution in [2.75, 3.05) is 11.9 Å². The highest BCUT2D eigenvalue weighted by Crippen LogP contribution is 2.51. The van der Waals surface area contributed by atoms with E-state index >= 15 is 0 Å². The average Bonchev–Trinajstić information content (AvgIpc) is 2.75. The van der Waals surface area contributed by atoms with Gasteiger partial charge in [0, 0.05) is 17.8 Å². The Morgan fingerprint density at radius 1 is 1.43 bits per heavy atom. The van der Waals surface area contributed by atoms with Crippen molar-refractivity contribution in [2.24, 2.45) is 11.3 Å². The summed E-state index contributed by atoms with van der Waals surface area (Å²) in [7, 11) is 0. The van der Waals surface area contributed by atoms with Crippen LogP contribution in [0.1, 0.15) is 39.5 Å². The summed E-state index contributed by atoms with van der Waals surface area (Å²) in [6.07, 6.45) is 4.55. The molecule has 2 nitrogen and oxygen atoms in total. The lowest BCUT2D eigenvalue weighted by molar-refractivity contribution is -0.122. The van der Waals surface area contributed by atoms with Gasteiger partial charge in [0.1, 0.15) is 0 Å². The first-order chi connectivity index (χ1) is 6.58. The van der Waals surface area contributed by atoms with Crippen LogP contribution in [-0.4, -0.2) is 17.8 Å². The summed E-state index contributed by atoms with van der Waals surface area (Å²) in [6.45, 7) is 5.16. The van der Waals surface area contributed by atoms with Gasteiger partial charge in [0.05, 0.1) is 0 Å². The summed E-state index contributed by atoms with van der Waals surface area (Å²) in [5.41, 5.74) is 0.264. The van der Waals surface area contributed by atoms with Gasteiger partial charge in [0.25, 0.3) is 0 Å². The molecule has 0 heterocycles. The maximum absolute atomic E-state index is 11.5. The molecule has 82 valence electrons. The molecule has 14 heavy (non-hydrogen) atoms. The topological polar surface area (TPSA) is 29.1 Å². The fourth-order valence-corrected chi connectivity index (χ4v) is 2.04. The molecule has 1 unspecified atom stereocenters. The summed E-state index contributed by atoms with van der Waals surface area (Å²) in [4.78, 5) is 11.5. The van der Waals surface area contributed by atoms with Crippen molar-refractivity contribution in [3.63, 3.8) is 0 Å². The maximum atomic E-state index is 11.5. The molecule has 1 N–H and O–H groups in total. The van der Waals surface area contributed by atoms with Gasteiger partial charge in [-0.1, -0.05) is 36.2 Å². The lowest BCUT2D eigenvalue weighted by atomic mass is 10.1. The fraction of sp³-hybridized carbons (Fsp3) is 0.909. The highest BCUT2D eigenvalue weighted by atomic mass is 79.9. The molecule has 0 spiro atoms. The van der Waals surface area contributed by atoms with E-state index in [0.717, 1.165) is 24.7 Å². The van der Waals surface area contributed by atoms with Crippen LogP contribution >= 0.6 is 15.9 Å². The van der Waals surface area contributed by atoms with E-state index in [-0.39, 0.29) is 17.2 Å². The van der Waals surface area contributed by atoms with E-state index in [4.69, 9.17) is 0 Å². The minimum Gasteiger partial charge on any atom is -0.356 e. The summed E-state index contributed by atoms with van der Waals surface area (Å²) in [5.74, 6) is 0.535. The number of rotatable bonds is 6. The smallest absolute Gasteiger partial charge is 0.223 e. The van der Waals surface area contributed by atoms with Crippen LogP contribution in [0.2, 0.25) is 0 Å².